The van der Waals surface area contributed by atoms with Gasteiger partial charge in [0, 0.05) is 37.9 Å². The van der Waals surface area contributed by atoms with E-state index in [1.165, 1.54) is 0 Å². The number of ether oxygens (including phenoxy) is 3. The van der Waals surface area contributed by atoms with Gasteiger partial charge in [-0.1, -0.05) is 12.1 Å². The molecule has 2 N–H and O–H groups in total. The fourth-order valence-corrected chi connectivity index (χ4v) is 4.40. The van der Waals surface area contributed by atoms with Crippen LogP contribution in [0.3, 0.4) is 0 Å². The van der Waals surface area contributed by atoms with Gasteiger partial charge in [0.15, 0.2) is 0 Å². The Bertz CT molecular complexity index is 1130. The molecule has 2 aliphatic heterocycles. The van der Waals surface area contributed by atoms with Gasteiger partial charge in [-0.25, -0.2) is 0 Å². The number of nitrogens with zero attached hydrogens (tertiary/aromatic N) is 3. The summed E-state index contributed by atoms with van der Waals surface area (Å²) < 4.78 is 18.3. The molecule has 0 saturated carbocycles. The molecule has 1 aromatic carbocycles. The van der Waals surface area contributed by atoms with E-state index >= 15 is 0 Å². The first-order valence-corrected chi connectivity index (χ1v) is 10.8. The number of nitrogens with two attached hydrogens (primary N) is 1. The summed E-state index contributed by atoms with van der Waals surface area (Å²) in [6, 6.07) is 11.3. The first-order chi connectivity index (χ1) is 15.5. The van der Waals surface area contributed by atoms with E-state index in [4.69, 9.17) is 19.9 Å². The number of aryl methyl sites for hydroxylation is 1. The maximum Gasteiger partial charge on any atom is 0.258 e. The van der Waals surface area contributed by atoms with Crippen molar-refractivity contribution in [2.75, 3.05) is 40.0 Å². The molecule has 1 fully saturated rings. The quantitative estimate of drug-likeness (QED) is 0.740. The summed E-state index contributed by atoms with van der Waals surface area (Å²) in [6.45, 7) is 6.71. The first kappa shape index (κ1) is 21.9. The Morgan fingerprint density at radius 1 is 1.25 bits per heavy atom. The molecule has 32 heavy (non-hydrogen) atoms. The third-order valence-corrected chi connectivity index (χ3v) is 6.08. The predicted molar refractivity (Wildman–Crippen MR) is 120 cm³/mol. The lowest BCUT2D eigenvalue weighted by molar-refractivity contribution is 0.0369. The van der Waals surface area contributed by atoms with E-state index in [0.29, 0.717) is 23.6 Å². The molecular weight excluding hydrogens is 408 g/mol. The molecule has 2 aliphatic rings. The minimum atomic E-state index is -0.613. The normalized spacial score (nSPS) is 18.6. The number of fused-ring (bicyclic) bond motifs is 1. The third kappa shape index (κ3) is 4.22. The zero-order valence-corrected chi connectivity index (χ0v) is 18.5. The number of benzene rings is 1. The molecule has 168 valence electrons. The molecule has 0 spiro atoms. The fraction of sp³-hybridized carbons (Fsp3) is 0.417. The van der Waals surface area contributed by atoms with E-state index < -0.39 is 5.92 Å². The summed E-state index contributed by atoms with van der Waals surface area (Å²) in [5.41, 5.74) is 8.14. The van der Waals surface area contributed by atoms with E-state index in [1.807, 2.05) is 37.3 Å². The minimum absolute atomic E-state index is 0.0247. The minimum Gasteiger partial charge on any atom is -0.497 e. The van der Waals surface area contributed by atoms with E-state index in [9.17, 15) is 10.1 Å². The highest BCUT2D eigenvalue weighted by Crippen LogP contribution is 2.41. The summed E-state index contributed by atoms with van der Waals surface area (Å²) in [7, 11) is 1.58. The Morgan fingerprint density at radius 3 is 2.75 bits per heavy atom. The molecule has 4 rings (SSSR count). The second-order valence-electron chi connectivity index (χ2n) is 8.03. The second kappa shape index (κ2) is 9.47. The monoisotopic (exact) mass is 436 g/mol. The van der Waals surface area contributed by atoms with E-state index in [1.54, 1.807) is 11.7 Å². The Morgan fingerprint density at radius 2 is 2.03 bits per heavy atom. The average molecular weight is 437 g/mol. The van der Waals surface area contributed by atoms with Crippen molar-refractivity contribution < 1.29 is 14.2 Å². The number of morpholine rings is 1. The molecule has 2 aromatic rings. The summed E-state index contributed by atoms with van der Waals surface area (Å²) in [6.07, 6.45) is 0.841. The van der Waals surface area contributed by atoms with Gasteiger partial charge in [-0.2, -0.15) is 5.26 Å². The van der Waals surface area contributed by atoms with Crippen molar-refractivity contribution in [2.24, 2.45) is 5.73 Å². The maximum atomic E-state index is 13.7. The average Bonchev–Trinajstić information content (AvgIpc) is 2.81. The lowest BCUT2D eigenvalue weighted by Gasteiger charge is -2.28. The van der Waals surface area contributed by atoms with Crippen LogP contribution in [0, 0.1) is 18.3 Å². The Hall–Kier alpha value is -3.28. The fourth-order valence-electron chi connectivity index (χ4n) is 4.40. The summed E-state index contributed by atoms with van der Waals surface area (Å²) in [5, 5.41) is 9.82. The smallest absolute Gasteiger partial charge is 0.258 e. The van der Waals surface area contributed by atoms with Crippen molar-refractivity contribution in [1.29, 1.82) is 5.26 Å². The first-order valence-electron chi connectivity index (χ1n) is 10.8. The SMILES string of the molecule is COc1cccc([C@H]2C(C#N)=C(N)Oc3cc(C)n(CCCN4CCOCC4)c(=O)c32)c1. The van der Waals surface area contributed by atoms with Gasteiger partial charge in [0.2, 0.25) is 5.88 Å². The molecule has 3 heterocycles. The van der Waals surface area contributed by atoms with Gasteiger partial charge in [0.25, 0.3) is 5.56 Å². The number of hydrogen-bond acceptors (Lipinski definition) is 7. The van der Waals surface area contributed by atoms with Crippen LogP contribution in [0.4, 0.5) is 0 Å². The van der Waals surface area contributed by atoms with Crippen molar-refractivity contribution in [2.45, 2.75) is 25.8 Å². The van der Waals surface area contributed by atoms with Gasteiger partial charge in [-0.15, -0.1) is 0 Å². The number of aromatic nitrogens is 1. The maximum absolute atomic E-state index is 13.7. The molecule has 1 atom stereocenters. The second-order valence-corrected chi connectivity index (χ2v) is 8.03. The number of pyridine rings is 1. The van der Waals surface area contributed by atoms with Gasteiger partial charge in [-0.3, -0.25) is 9.69 Å². The number of allylic oxidation sites excluding steroid dienone is 1. The molecular formula is C24H28N4O4. The van der Waals surface area contributed by atoms with Crippen molar-refractivity contribution >= 4 is 0 Å². The van der Waals surface area contributed by atoms with E-state index in [0.717, 1.165) is 50.5 Å². The molecule has 8 heteroatoms. The van der Waals surface area contributed by atoms with Gasteiger partial charge < -0.3 is 24.5 Å². The predicted octanol–water partition coefficient (Wildman–Crippen LogP) is 2.11. The third-order valence-electron chi connectivity index (χ3n) is 6.08. The van der Waals surface area contributed by atoms with Crippen LogP contribution in [0.15, 0.2) is 46.6 Å². The lowest BCUT2D eigenvalue weighted by atomic mass is 9.84. The summed E-state index contributed by atoms with van der Waals surface area (Å²) >= 11 is 0. The Balaban J connectivity index is 1.71. The van der Waals surface area contributed by atoms with Crippen molar-refractivity contribution in [3.05, 3.63) is 69.0 Å². The molecule has 0 radical (unpaired) electrons. The highest BCUT2D eigenvalue weighted by Gasteiger charge is 2.34. The van der Waals surface area contributed by atoms with Gasteiger partial charge in [0.1, 0.15) is 23.1 Å². The zero-order chi connectivity index (χ0) is 22.7. The summed E-state index contributed by atoms with van der Waals surface area (Å²) in [4.78, 5) is 16.0. The van der Waals surface area contributed by atoms with Crippen LogP contribution in [0.1, 0.15) is 29.2 Å². The van der Waals surface area contributed by atoms with Crippen molar-refractivity contribution in [3.63, 3.8) is 0 Å². The van der Waals surface area contributed by atoms with Crippen molar-refractivity contribution in [3.8, 4) is 17.6 Å². The van der Waals surface area contributed by atoms with Gasteiger partial charge in [0.05, 0.1) is 31.8 Å². The number of methoxy groups -OCH3 is 1. The van der Waals surface area contributed by atoms with Crippen molar-refractivity contribution in [1.82, 2.24) is 9.47 Å². The Labute approximate surface area is 187 Å². The topological polar surface area (TPSA) is 103 Å². The Kier molecular flexibility index (Phi) is 6.49. The molecule has 1 saturated heterocycles. The molecule has 1 aromatic heterocycles. The summed E-state index contributed by atoms with van der Waals surface area (Å²) in [5.74, 6) is 0.458. The molecule has 0 aliphatic carbocycles. The zero-order valence-electron chi connectivity index (χ0n) is 18.5. The van der Waals surface area contributed by atoms with Crippen LogP contribution in [0.5, 0.6) is 11.5 Å². The van der Waals surface area contributed by atoms with Gasteiger partial charge >= 0.3 is 0 Å². The van der Waals surface area contributed by atoms with Crippen LogP contribution in [-0.2, 0) is 11.3 Å². The number of rotatable bonds is 6. The van der Waals surface area contributed by atoms with E-state index in [2.05, 4.69) is 11.0 Å². The van der Waals surface area contributed by atoms with Crippen LogP contribution in [0.2, 0.25) is 0 Å². The van der Waals surface area contributed by atoms with Crippen LogP contribution in [-0.4, -0.2) is 49.4 Å². The molecule has 8 nitrogen and oxygen atoms in total. The number of hydrogen-bond donors (Lipinski definition) is 1. The molecule has 0 amide bonds. The highest BCUT2D eigenvalue weighted by molar-refractivity contribution is 5.56. The van der Waals surface area contributed by atoms with E-state index in [-0.39, 0.29) is 17.0 Å². The molecule has 0 bridgehead atoms. The van der Waals surface area contributed by atoms with Crippen LogP contribution in [0.25, 0.3) is 0 Å². The van der Waals surface area contributed by atoms with Crippen LogP contribution >= 0.6 is 0 Å². The number of nitriles is 1. The highest BCUT2D eigenvalue weighted by atomic mass is 16.5. The lowest BCUT2D eigenvalue weighted by Crippen LogP contribution is -2.38. The van der Waals surface area contributed by atoms with Gasteiger partial charge in [-0.05, 0) is 31.0 Å². The molecule has 0 unspecified atom stereocenters. The van der Waals surface area contributed by atoms with Crippen LogP contribution < -0.4 is 20.8 Å². The largest absolute Gasteiger partial charge is 0.497 e. The standard InChI is InChI=1S/C24H28N4O4/c1-16-13-20-22(24(29)28(16)8-4-7-27-9-11-31-12-10-27)21(19(15-25)23(26)32-20)17-5-3-6-18(14-17)30-2/h3,5-6,13-14,21H,4,7-12,26H2,1-2H3/t21-/m0/s1.